The lowest BCUT2D eigenvalue weighted by Crippen LogP contribution is -2.27. The summed E-state index contributed by atoms with van der Waals surface area (Å²) < 4.78 is 17.0. The highest BCUT2D eigenvalue weighted by Gasteiger charge is 2.36. The summed E-state index contributed by atoms with van der Waals surface area (Å²) in [6.07, 6.45) is 1.86. The third-order valence-electron chi connectivity index (χ3n) is 4.78. The van der Waals surface area contributed by atoms with Crippen molar-refractivity contribution in [3.8, 4) is 21.3 Å². The number of fused-ring (bicyclic) bond motifs is 1. The van der Waals surface area contributed by atoms with Gasteiger partial charge in [-0.15, -0.1) is 22.7 Å². The molecule has 1 aliphatic rings. The van der Waals surface area contributed by atoms with Crippen LogP contribution in [0.25, 0.3) is 15.8 Å². The van der Waals surface area contributed by atoms with Crippen molar-refractivity contribution in [3.05, 3.63) is 63.5 Å². The van der Waals surface area contributed by atoms with Gasteiger partial charge >= 0.3 is 0 Å². The molecule has 1 atom stereocenters. The summed E-state index contributed by atoms with van der Waals surface area (Å²) in [5, 5.41) is 15.5. The molecule has 0 aliphatic carbocycles. The van der Waals surface area contributed by atoms with Crippen molar-refractivity contribution < 1.29 is 19.3 Å². The van der Waals surface area contributed by atoms with Gasteiger partial charge in [-0.05, 0) is 48.0 Å². The summed E-state index contributed by atoms with van der Waals surface area (Å²) in [5.41, 5.74) is 1.38. The second kappa shape index (κ2) is 7.03. The molecule has 0 saturated carbocycles. The van der Waals surface area contributed by atoms with Gasteiger partial charge in [0.15, 0.2) is 0 Å². The average Bonchev–Trinajstić information content (AvgIpc) is 3.37. The van der Waals surface area contributed by atoms with Crippen LogP contribution in [0.3, 0.4) is 0 Å². The molecule has 4 rings (SSSR count). The molecule has 27 heavy (non-hydrogen) atoms. The Morgan fingerprint density at radius 2 is 1.81 bits per heavy atom. The van der Waals surface area contributed by atoms with E-state index in [1.165, 1.54) is 0 Å². The largest absolute Gasteiger partial charge is 0.496 e. The van der Waals surface area contributed by atoms with Gasteiger partial charge < -0.3 is 19.3 Å². The second-order valence-corrected chi connectivity index (χ2v) is 8.24. The molecular weight excluding hydrogens is 380 g/mol. The van der Waals surface area contributed by atoms with E-state index in [4.69, 9.17) is 14.2 Å². The van der Waals surface area contributed by atoms with Gasteiger partial charge in [0.05, 0.1) is 19.1 Å². The number of ether oxygens (including phenoxy) is 3. The van der Waals surface area contributed by atoms with Crippen molar-refractivity contribution >= 4 is 28.7 Å². The maximum Gasteiger partial charge on any atom is 0.145 e. The molecule has 6 heteroatoms. The Kier molecular flexibility index (Phi) is 4.72. The molecule has 0 radical (unpaired) electrons. The molecule has 140 valence electrons. The highest BCUT2D eigenvalue weighted by atomic mass is 32.1. The third-order valence-corrected chi connectivity index (χ3v) is 6.74. The molecule has 1 unspecified atom stereocenters. The zero-order valence-electron chi connectivity index (χ0n) is 15.3. The number of hydrogen-bond donors (Lipinski definition) is 1. The number of methoxy groups -OCH3 is 2. The van der Waals surface area contributed by atoms with Gasteiger partial charge in [0.25, 0.3) is 0 Å². The van der Waals surface area contributed by atoms with Crippen LogP contribution in [0.2, 0.25) is 0 Å². The van der Waals surface area contributed by atoms with Gasteiger partial charge in [0.1, 0.15) is 29.5 Å². The first-order valence-corrected chi connectivity index (χ1v) is 10.2. The maximum absolute atomic E-state index is 11.4. The van der Waals surface area contributed by atoms with Crippen molar-refractivity contribution in [2.75, 3.05) is 14.2 Å². The van der Waals surface area contributed by atoms with Crippen molar-refractivity contribution in [2.45, 2.75) is 19.1 Å². The summed E-state index contributed by atoms with van der Waals surface area (Å²) >= 11 is 3.28. The van der Waals surface area contributed by atoms with Gasteiger partial charge in [-0.2, -0.15) is 0 Å². The van der Waals surface area contributed by atoms with E-state index in [0.29, 0.717) is 12.4 Å². The molecule has 4 nitrogen and oxygen atoms in total. The summed E-state index contributed by atoms with van der Waals surface area (Å²) in [5.74, 6) is 1.97. The third kappa shape index (κ3) is 3.04. The molecule has 1 aliphatic heterocycles. The van der Waals surface area contributed by atoms with E-state index in [0.717, 1.165) is 37.9 Å². The molecule has 0 spiro atoms. The van der Waals surface area contributed by atoms with Gasteiger partial charge in [-0.25, -0.2) is 0 Å². The highest BCUT2D eigenvalue weighted by molar-refractivity contribution is 7.20. The first-order valence-electron chi connectivity index (χ1n) is 8.49. The van der Waals surface area contributed by atoms with E-state index in [9.17, 15) is 5.11 Å². The topological polar surface area (TPSA) is 47.9 Å². The number of thiophene rings is 2. The van der Waals surface area contributed by atoms with E-state index in [-0.39, 0.29) is 0 Å². The van der Waals surface area contributed by atoms with Gasteiger partial charge in [-0.3, -0.25) is 0 Å². The fraction of sp³-hybridized carbons (Fsp3) is 0.238. The number of aliphatic hydroxyl groups is 1. The van der Waals surface area contributed by atoms with Crippen LogP contribution >= 0.6 is 22.7 Å². The average molecular weight is 401 g/mol. The molecule has 3 heterocycles. The Bertz CT molecular complexity index is 984. The lowest BCUT2D eigenvalue weighted by molar-refractivity contribution is 0.0174. The number of hydrogen-bond acceptors (Lipinski definition) is 6. The minimum absolute atomic E-state index is 0.316. The molecule has 0 saturated heterocycles. The molecule has 1 N–H and O–H groups in total. The second-order valence-electron chi connectivity index (χ2n) is 6.37. The van der Waals surface area contributed by atoms with E-state index >= 15 is 0 Å². The lowest BCUT2D eigenvalue weighted by atomic mass is 9.90. The van der Waals surface area contributed by atoms with Gasteiger partial charge in [0, 0.05) is 21.6 Å². The van der Waals surface area contributed by atoms with Crippen LogP contribution in [-0.4, -0.2) is 19.3 Å². The molecule has 0 bridgehead atoms. The normalized spacial score (nSPS) is 15.3. The molecular formula is C21H20O4S2. The molecule has 0 amide bonds. The van der Waals surface area contributed by atoms with Gasteiger partial charge in [-0.1, -0.05) is 6.07 Å². The first-order chi connectivity index (χ1) is 13.1. The summed E-state index contributed by atoms with van der Waals surface area (Å²) in [4.78, 5) is 2.19. The summed E-state index contributed by atoms with van der Waals surface area (Å²) in [6.45, 7) is 2.09. The molecule has 1 aromatic carbocycles. The summed E-state index contributed by atoms with van der Waals surface area (Å²) in [7, 11) is 3.27. The van der Waals surface area contributed by atoms with Crippen LogP contribution in [-0.2, 0) is 16.9 Å². The lowest BCUT2D eigenvalue weighted by Gasteiger charge is -2.31. The van der Waals surface area contributed by atoms with Crippen LogP contribution in [0.5, 0.6) is 11.5 Å². The Morgan fingerprint density at radius 1 is 1.04 bits per heavy atom. The maximum atomic E-state index is 11.4. The minimum Gasteiger partial charge on any atom is -0.496 e. The Hall–Kier alpha value is -2.28. The number of benzene rings is 1. The van der Waals surface area contributed by atoms with Gasteiger partial charge in [0.2, 0.25) is 0 Å². The van der Waals surface area contributed by atoms with E-state index in [2.05, 4.69) is 6.07 Å². The van der Waals surface area contributed by atoms with E-state index < -0.39 is 5.60 Å². The smallest absolute Gasteiger partial charge is 0.145 e. The van der Waals surface area contributed by atoms with Crippen LogP contribution in [0.4, 0.5) is 0 Å². The summed E-state index contributed by atoms with van der Waals surface area (Å²) in [6, 6.07) is 9.78. The molecule has 0 fully saturated rings. The molecule has 2 aromatic heterocycles. The van der Waals surface area contributed by atoms with Crippen molar-refractivity contribution in [1.82, 2.24) is 0 Å². The van der Waals surface area contributed by atoms with E-state index in [1.807, 2.05) is 41.1 Å². The van der Waals surface area contributed by atoms with Crippen LogP contribution in [0.1, 0.15) is 23.6 Å². The van der Waals surface area contributed by atoms with Crippen molar-refractivity contribution in [2.24, 2.45) is 0 Å². The monoisotopic (exact) mass is 400 g/mol. The highest BCUT2D eigenvalue weighted by Crippen LogP contribution is 2.45. The van der Waals surface area contributed by atoms with Crippen molar-refractivity contribution in [1.29, 1.82) is 0 Å². The Labute approximate surface area is 166 Å². The SMILES string of the molecule is COc1ccc(OC)c2c1C=C(C(C)(O)c1ccsc1-c1cccs1)OC2. The quantitative estimate of drug-likeness (QED) is 0.634. The first kappa shape index (κ1) is 18.1. The zero-order chi connectivity index (χ0) is 19.0. The Balaban J connectivity index is 1.81. The predicted octanol–water partition coefficient (Wildman–Crippen LogP) is 5.27. The fourth-order valence-corrected chi connectivity index (χ4v) is 5.21. The predicted molar refractivity (Wildman–Crippen MR) is 110 cm³/mol. The minimum atomic E-state index is -1.26. The number of rotatable bonds is 5. The van der Waals surface area contributed by atoms with Crippen LogP contribution in [0, 0.1) is 0 Å². The standard InChI is InChI=1S/C21H20O4S2/c1-21(22,15-8-10-27-20(15)18-5-4-9-26-18)19-11-13-14(12-25-19)17(24-3)7-6-16(13)23-2/h4-11,22H,12H2,1-3H3. The van der Waals surface area contributed by atoms with E-state index in [1.54, 1.807) is 43.8 Å². The molecule has 3 aromatic rings. The fourth-order valence-electron chi connectivity index (χ4n) is 3.33. The zero-order valence-corrected chi connectivity index (χ0v) is 16.9. The van der Waals surface area contributed by atoms with Crippen LogP contribution in [0.15, 0.2) is 46.9 Å². The van der Waals surface area contributed by atoms with Crippen molar-refractivity contribution in [3.63, 3.8) is 0 Å². The van der Waals surface area contributed by atoms with Crippen LogP contribution < -0.4 is 9.47 Å². The Morgan fingerprint density at radius 3 is 2.52 bits per heavy atom.